The highest BCUT2D eigenvalue weighted by Crippen LogP contribution is 2.17. The van der Waals surface area contributed by atoms with Crippen LogP contribution in [-0.2, 0) is 4.74 Å². The monoisotopic (exact) mass is 277 g/mol. The first kappa shape index (κ1) is 12.3. The van der Waals surface area contributed by atoms with E-state index in [1.54, 1.807) is 12.1 Å². The van der Waals surface area contributed by atoms with Crippen LogP contribution < -0.4 is 4.90 Å². The predicted molar refractivity (Wildman–Crippen MR) is 71.1 cm³/mol. The van der Waals surface area contributed by atoms with Gasteiger partial charge in [0.2, 0.25) is 5.82 Å². The maximum atomic E-state index is 5.84. The third kappa shape index (κ3) is 2.80. The number of aromatic nitrogens is 4. The van der Waals surface area contributed by atoms with Gasteiger partial charge in [-0.05, 0) is 24.3 Å². The van der Waals surface area contributed by atoms with Crippen LogP contribution in [0.5, 0.6) is 0 Å². The Balaban J connectivity index is 1.80. The molecule has 98 valence electrons. The number of hydrogen-bond acceptors (Lipinski definition) is 6. The van der Waals surface area contributed by atoms with Crippen molar-refractivity contribution in [2.24, 2.45) is 0 Å². The van der Waals surface area contributed by atoms with Crippen LogP contribution in [0.15, 0.2) is 24.3 Å². The molecule has 19 heavy (non-hydrogen) atoms. The van der Waals surface area contributed by atoms with Crippen molar-refractivity contribution in [2.75, 3.05) is 31.2 Å². The lowest BCUT2D eigenvalue weighted by Crippen LogP contribution is -2.37. The molecule has 6 nitrogen and oxygen atoms in total. The molecule has 0 N–H and O–H groups in total. The summed E-state index contributed by atoms with van der Waals surface area (Å²) in [6.07, 6.45) is 0. The number of rotatable bonds is 2. The highest BCUT2D eigenvalue weighted by atomic mass is 35.5. The Morgan fingerprint density at radius 3 is 2.21 bits per heavy atom. The van der Waals surface area contributed by atoms with Crippen LogP contribution in [0, 0.1) is 0 Å². The Labute approximate surface area is 115 Å². The minimum atomic E-state index is 0.494. The molecule has 0 amide bonds. The van der Waals surface area contributed by atoms with Crippen LogP contribution in [-0.4, -0.2) is 46.7 Å². The lowest BCUT2D eigenvalue weighted by molar-refractivity contribution is 0.122. The van der Waals surface area contributed by atoms with Crippen molar-refractivity contribution in [1.29, 1.82) is 0 Å². The second-order valence-corrected chi connectivity index (χ2v) is 4.57. The summed E-state index contributed by atoms with van der Waals surface area (Å²) in [5.74, 6) is 1.04. The lowest BCUT2D eigenvalue weighted by atomic mass is 10.2. The summed E-state index contributed by atoms with van der Waals surface area (Å²) in [7, 11) is 0. The Morgan fingerprint density at radius 1 is 0.947 bits per heavy atom. The number of ether oxygens (including phenoxy) is 1. The Hall–Kier alpha value is -1.79. The average Bonchev–Trinajstić information content (AvgIpc) is 2.49. The molecule has 1 saturated heterocycles. The molecule has 1 aliphatic heterocycles. The highest BCUT2D eigenvalue weighted by molar-refractivity contribution is 6.30. The molecule has 1 aromatic heterocycles. The molecule has 0 unspecified atom stereocenters. The van der Waals surface area contributed by atoms with E-state index >= 15 is 0 Å². The van der Waals surface area contributed by atoms with Gasteiger partial charge in [-0.25, -0.2) is 0 Å². The van der Waals surface area contributed by atoms with E-state index in [-0.39, 0.29) is 0 Å². The van der Waals surface area contributed by atoms with Crippen molar-refractivity contribution in [3.63, 3.8) is 0 Å². The molecule has 1 aliphatic rings. The van der Waals surface area contributed by atoms with Gasteiger partial charge in [-0.2, -0.15) is 0 Å². The summed E-state index contributed by atoms with van der Waals surface area (Å²) in [4.78, 5) is 2.01. The van der Waals surface area contributed by atoms with E-state index in [1.165, 1.54) is 0 Å². The second-order valence-electron chi connectivity index (χ2n) is 4.13. The van der Waals surface area contributed by atoms with Gasteiger partial charge in [-0.15, -0.1) is 20.4 Å². The van der Waals surface area contributed by atoms with Crippen LogP contribution >= 0.6 is 11.6 Å². The van der Waals surface area contributed by atoms with Crippen molar-refractivity contribution in [3.05, 3.63) is 29.3 Å². The molecule has 3 rings (SSSR count). The van der Waals surface area contributed by atoms with Gasteiger partial charge in [-0.3, -0.25) is 0 Å². The van der Waals surface area contributed by atoms with E-state index in [4.69, 9.17) is 16.3 Å². The first-order valence-corrected chi connectivity index (χ1v) is 6.37. The minimum Gasteiger partial charge on any atom is -0.378 e. The molecule has 0 radical (unpaired) electrons. The molecule has 0 saturated carbocycles. The summed E-state index contributed by atoms with van der Waals surface area (Å²) in [5.41, 5.74) is 0.845. The molecule has 7 heteroatoms. The molecule has 0 aliphatic carbocycles. The second kappa shape index (κ2) is 5.46. The van der Waals surface area contributed by atoms with E-state index in [0.29, 0.717) is 30.0 Å². The van der Waals surface area contributed by atoms with Gasteiger partial charge in [0.1, 0.15) is 0 Å². The number of hydrogen-bond donors (Lipinski definition) is 0. The summed E-state index contributed by atoms with van der Waals surface area (Å²) >= 11 is 5.84. The standard InChI is InChI=1S/C12H12ClN5O/c13-10-3-1-9(2-4-10)11-14-16-12(17-15-11)18-5-7-19-8-6-18/h1-4H,5-8H2. The smallest absolute Gasteiger partial charge is 0.264 e. The van der Waals surface area contributed by atoms with Gasteiger partial charge in [-0.1, -0.05) is 11.6 Å². The van der Waals surface area contributed by atoms with Gasteiger partial charge < -0.3 is 9.64 Å². The third-order valence-corrected chi connectivity index (χ3v) is 3.12. The quantitative estimate of drug-likeness (QED) is 0.827. The van der Waals surface area contributed by atoms with Gasteiger partial charge in [0.05, 0.1) is 13.2 Å². The summed E-state index contributed by atoms with van der Waals surface area (Å²) in [6.45, 7) is 2.90. The van der Waals surface area contributed by atoms with Crippen LogP contribution in [0.25, 0.3) is 11.4 Å². The fraction of sp³-hybridized carbons (Fsp3) is 0.333. The van der Waals surface area contributed by atoms with Crippen LogP contribution in [0.3, 0.4) is 0 Å². The normalized spacial score (nSPS) is 15.5. The zero-order valence-electron chi connectivity index (χ0n) is 10.2. The lowest BCUT2D eigenvalue weighted by Gasteiger charge is -2.25. The van der Waals surface area contributed by atoms with E-state index < -0.39 is 0 Å². The number of halogens is 1. The predicted octanol–water partition coefficient (Wildman–Crippen LogP) is 1.42. The Bertz CT molecular complexity index is 539. The van der Waals surface area contributed by atoms with Gasteiger partial charge in [0.25, 0.3) is 5.95 Å². The number of anilines is 1. The molecule has 0 spiro atoms. The minimum absolute atomic E-state index is 0.494. The molecular formula is C12H12ClN5O. The van der Waals surface area contributed by atoms with Crippen LogP contribution in [0.2, 0.25) is 5.02 Å². The largest absolute Gasteiger partial charge is 0.378 e. The maximum Gasteiger partial charge on any atom is 0.264 e. The number of nitrogens with zero attached hydrogens (tertiary/aromatic N) is 5. The van der Waals surface area contributed by atoms with E-state index in [9.17, 15) is 0 Å². The first-order chi connectivity index (χ1) is 9.33. The van der Waals surface area contributed by atoms with E-state index in [2.05, 4.69) is 20.4 Å². The van der Waals surface area contributed by atoms with E-state index in [0.717, 1.165) is 18.7 Å². The number of benzene rings is 1. The average molecular weight is 278 g/mol. The third-order valence-electron chi connectivity index (χ3n) is 2.86. The molecule has 2 heterocycles. The van der Waals surface area contributed by atoms with Gasteiger partial charge in [0.15, 0.2) is 0 Å². The molecule has 0 bridgehead atoms. The Kier molecular flexibility index (Phi) is 3.52. The fourth-order valence-electron chi connectivity index (χ4n) is 1.83. The number of morpholine rings is 1. The van der Waals surface area contributed by atoms with E-state index in [1.807, 2.05) is 17.0 Å². The topological polar surface area (TPSA) is 64.0 Å². The zero-order chi connectivity index (χ0) is 13.1. The maximum absolute atomic E-state index is 5.84. The molecule has 1 fully saturated rings. The van der Waals surface area contributed by atoms with Gasteiger partial charge >= 0.3 is 0 Å². The van der Waals surface area contributed by atoms with Crippen molar-refractivity contribution in [1.82, 2.24) is 20.4 Å². The van der Waals surface area contributed by atoms with Crippen molar-refractivity contribution in [3.8, 4) is 11.4 Å². The molecule has 1 aromatic carbocycles. The molecule has 0 atom stereocenters. The molecular weight excluding hydrogens is 266 g/mol. The summed E-state index contributed by atoms with van der Waals surface area (Å²) in [5, 5.41) is 17.1. The summed E-state index contributed by atoms with van der Waals surface area (Å²) in [6, 6.07) is 7.26. The first-order valence-electron chi connectivity index (χ1n) is 5.99. The SMILES string of the molecule is Clc1ccc(-c2nnc(N3CCOCC3)nn2)cc1. The Morgan fingerprint density at radius 2 is 1.58 bits per heavy atom. The van der Waals surface area contributed by atoms with Crippen LogP contribution in [0.4, 0.5) is 5.95 Å². The zero-order valence-corrected chi connectivity index (χ0v) is 10.9. The summed E-state index contributed by atoms with van der Waals surface area (Å²) < 4.78 is 5.27. The van der Waals surface area contributed by atoms with Crippen LogP contribution in [0.1, 0.15) is 0 Å². The van der Waals surface area contributed by atoms with Crippen molar-refractivity contribution in [2.45, 2.75) is 0 Å². The van der Waals surface area contributed by atoms with Gasteiger partial charge in [0, 0.05) is 23.7 Å². The highest BCUT2D eigenvalue weighted by Gasteiger charge is 2.15. The molecule has 2 aromatic rings. The fourth-order valence-corrected chi connectivity index (χ4v) is 1.95. The van der Waals surface area contributed by atoms with Crippen molar-refractivity contribution >= 4 is 17.5 Å². The van der Waals surface area contributed by atoms with Crippen molar-refractivity contribution < 1.29 is 4.74 Å².